The van der Waals surface area contributed by atoms with Gasteiger partial charge in [-0.3, -0.25) is 0 Å². The number of hydrogen-bond donors (Lipinski definition) is 3. The smallest absolute Gasteiger partial charge is 0.308 e. The molecule has 3 aromatic rings. The molecule has 0 saturated carbocycles. The maximum Gasteiger partial charge on any atom is 0.323 e. The first-order valence-corrected chi connectivity index (χ1v) is 10.2. The van der Waals surface area contributed by atoms with Crippen LogP contribution in [0, 0.1) is 11.3 Å². The van der Waals surface area contributed by atoms with Crippen molar-refractivity contribution < 1.29 is 13.2 Å². The van der Waals surface area contributed by atoms with Crippen molar-refractivity contribution in [2.24, 2.45) is 0 Å². The summed E-state index contributed by atoms with van der Waals surface area (Å²) in [5.41, 5.74) is 2.19. The highest BCUT2D eigenvalue weighted by atomic mass is 32.2. The molecular weight excluding hydrogens is 388 g/mol. The molecule has 3 rings (SSSR count). The van der Waals surface area contributed by atoms with Gasteiger partial charge in [-0.15, -0.1) is 0 Å². The van der Waals surface area contributed by atoms with Crippen LogP contribution in [0.2, 0.25) is 0 Å². The molecular formula is C21H18N4O3S. The van der Waals surface area contributed by atoms with Crippen LogP contribution in [0.25, 0.3) is 0 Å². The minimum Gasteiger partial charge on any atom is -0.308 e. The van der Waals surface area contributed by atoms with E-state index in [2.05, 4.69) is 15.4 Å². The number of amides is 2. The van der Waals surface area contributed by atoms with Gasteiger partial charge in [0.15, 0.2) is 0 Å². The van der Waals surface area contributed by atoms with E-state index in [4.69, 9.17) is 5.26 Å². The predicted octanol–water partition coefficient (Wildman–Crippen LogP) is 3.68. The number of benzene rings is 3. The van der Waals surface area contributed by atoms with E-state index >= 15 is 0 Å². The van der Waals surface area contributed by atoms with Crippen LogP contribution >= 0.6 is 0 Å². The molecule has 3 N–H and O–H groups in total. The van der Waals surface area contributed by atoms with E-state index in [-0.39, 0.29) is 11.4 Å². The molecule has 0 heterocycles. The Bertz CT molecular complexity index is 1140. The lowest BCUT2D eigenvalue weighted by molar-refractivity contribution is 0.262. The zero-order valence-corrected chi connectivity index (χ0v) is 16.1. The van der Waals surface area contributed by atoms with Gasteiger partial charge >= 0.3 is 6.03 Å². The Morgan fingerprint density at radius 2 is 1.55 bits per heavy atom. The minimum atomic E-state index is -3.67. The van der Waals surface area contributed by atoms with E-state index in [0.717, 1.165) is 5.56 Å². The average Bonchev–Trinajstić information content (AvgIpc) is 2.73. The molecule has 0 aromatic heterocycles. The highest BCUT2D eigenvalue weighted by Crippen LogP contribution is 2.16. The van der Waals surface area contributed by atoms with E-state index in [1.807, 2.05) is 36.4 Å². The second kappa shape index (κ2) is 9.01. The van der Waals surface area contributed by atoms with Crippen LogP contribution < -0.4 is 15.4 Å². The standard InChI is InChI=1S/C21H18N4O3S/c22-14-17-7-4-8-19(13-17)25-21(26)24-18-9-11-20(12-10-18)29(27,28)23-15-16-5-2-1-3-6-16/h1-13,23H,15H2,(H2,24,25,26). The topological polar surface area (TPSA) is 111 Å². The van der Waals surface area contributed by atoms with Crippen LogP contribution in [0.4, 0.5) is 16.2 Å². The van der Waals surface area contributed by atoms with Gasteiger partial charge in [-0.2, -0.15) is 5.26 Å². The first-order valence-electron chi connectivity index (χ1n) is 8.68. The third-order valence-electron chi connectivity index (χ3n) is 3.98. The van der Waals surface area contributed by atoms with Crippen LogP contribution in [0.3, 0.4) is 0 Å². The van der Waals surface area contributed by atoms with Gasteiger partial charge in [0, 0.05) is 17.9 Å². The van der Waals surface area contributed by atoms with Gasteiger partial charge in [0.05, 0.1) is 16.5 Å². The Kier molecular flexibility index (Phi) is 6.24. The highest BCUT2D eigenvalue weighted by Gasteiger charge is 2.14. The van der Waals surface area contributed by atoms with Crippen molar-refractivity contribution in [1.29, 1.82) is 5.26 Å². The number of nitrogens with zero attached hydrogens (tertiary/aromatic N) is 1. The van der Waals surface area contributed by atoms with Crippen LogP contribution in [0.5, 0.6) is 0 Å². The molecule has 3 aromatic carbocycles. The van der Waals surface area contributed by atoms with Gasteiger partial charge in [0.1, 0.15) is 0 Å². The molecule has 8 heteroatoms. The molecule has 0 saturated heterocycles. The van der Waals surface area contributed by atoms with Crippen LogP contribution in [-0.4, -0.2) is 14.4 Å². The van der Waals surface area contributed by atoms with E-state index in [1.165, 1.54) is 24.3 Å². The van der Waals surface area contributed by atoms with E-state index < -0.39 is 16.1 Å². The largest absolute Gasteiger partial charge is 0.323 e. The van der Waals surface area contributed by atoms with Gasteiger partial charge in [-0.25, -0.2) is 17.9 Å². The van der Waals surface area contributed by atoms with Gasteiger partial charge in [-0.1, -0.05) is 36.4 Å². The monoisotopic (exact) mass is 406 g/mol. The summed E-state index contributed by atoms with van der Waals surface area (Å²) in [7, 11) is -3.67. The zero-order valence-electron chi connectivity index (χ0n) is 15.3. The Labute approximate surface area is 169 Å². The molecule has 0 aliphatic rings. The molecule has 29 heavy (non-hydrogen) atoms. The number of sulfonamides is 1. The fraction of sp³-hybridized carbons (Fsp3) is 0.0476. The molecule has 0 bridgehead atoms. The van der Waals surface area contributed by atoms with E-state index in [1.54, 1.807) is 24.3 Å². The van der Waals surface area contributed by atoms with Gasteiger partial charge < -0.3 is 10.6 Å². The fourth-order valence-corrected chi connectivity index (χ4v) is 3.55. The van der Waals surface area contributed by atoms with E-state index in [9.17, 15) is 13.2 Å². The maximum absolute atomic E-state index is 12.4. The predicted molar refractivity (Wildman–Crippen MR) is 111 cm³/mol. The first kappa shape index (κ1) is 20.1. The Hall–Kier alpha value is -3.67. The lowest BCUT2D eigenvalue weighted by atomic mass is 10.2. The molecule has 0 atom stereocenters. The van der Waals surface area contributed by atoms with Crippen molar-refractivity contribution in [1.82, 2.24) is 4.72 Å². The number of carbonyl (C=O) groups excluding carboxylic acids is 1. The number of urea groups is 1. The zero-order chi connectivity index (χ0) is 20.7. The third kappa shape index (κ3) is 5.65. The molecule has 0 fully saturated rings. The summed E-state index contributed by atoms with van der Waals surface area (Å²) in [5.74, 6) is 0. The quantitative estimate of drug-likeness (QED) is 0.580. The van der Waals surface area contributed by atoms with Crippen molar-refractivity contribution in [2.75, 3.05) is 10.6 Å². The van der Waals surface area contributed by atoms with Crippen LogP contribution in [0.15, 0.2) is 83.8 Å². The lowest BCUT2D eigenvalue weighted by Gasteiger charge is -2.10. The molecule has 0 aliphatic heterocycles. The van der Waals surface area contributed by atoms with E-state index in [0.29, 0.717) is 16.9 Å². The minimum absolute atomic E-state index is 0.0983. The van der Waals surface area contributed by atoms with Crippen molar-refractivity contribution in [3.63, 3.8) is 0 Å². The highest BCUT2D eigenvalue weighted by molar-refractivity contribution is 7.89. The van der Waals surface area contributed by atoms with Crippen molar-refractivity contribution in [2.45, 2.75) is 11.4 Å². The summed E-state index contributed by atoms with van der Waals surface area (Å²) < 4.78 is 27.3. The van der Waals surface area contributed by atoms with Crippen LogP contribution in [0.1, 0.15) is 11.1 Å². The van der Waals surface area contributed by atoms with Gasteiger partial charge in [0.25, 0.3) is 0 Å². The lowest BCUT2D eigenvalue weighted by Crippen LogP contribution is -2.23. The van der Waals surface area contributed by atoms with Crippen molar-refractivity contribution in [3.8, 4) is 6.07 Å². The summed E-state index contributed by atoms with van der Waals surface area (Å²) in [6.45, 7) is 0.188. The summed E-state index contributed by atoms with van der Waals surface area (Å²) in [5, 5.41) is 14.1. The fourth-order valence-electron chi connectivity index (χ4n) is 2.53. The number of carbonyl (C=O) groups is 1. The van der Waals surface area contributed by atoms with Gasteiger partial charge in [0.2, 0.25) is 10.0 Å². The number of hydrogen-bond acceptors (Lipinski definition) is 4. The maximum atomic E-state index is 12.4. The molecule has 0 unspecified atom stereocenters. The Morgan fingerprint density at radius 3 is 2.24 bits per heavy atom. The average molecular weight is 406 g/mol. The second-order valence-corrected chi connectivity index (χ2v) is 7.87. The summed E-state index contributed by atoms with van der Waals surface area (Å²) >= 11 is 0. The second-order valence-electron chi connectivity index (χ2n) is 6.11. The summed E-state index contributed by atoms with van der Waals surface area (Å²) in [6.07, 6.45) is 0. The molecule has 0 aliphatic carbocycles. The van der Waals surface area contributed by atoms with Crippen molar-refractivity contribution in [3.05, 3.63) is 90.0 Å². The normalized spacial score (nSPS) is 10.7. The molecule has 2 amide bonds. The Morgan fingerprint density at radius 1 is 0.862 bits per heavy atom. The molecule has 0 radical (unpaired) electrons. The number of anilines is 2. The molecule has 0 spiro atoms. The SMILES string of the molecule is N#Cc1cccc(NC(=O)Nc2ccc(S(=O)(=O)NCc3ccccc3)cc2)c1. The summed E-state index contributed by atoms with van der Waals surface area (Å²) in [4.78, 5) is 12.2. The summed E-state index contributed by atoms with van der Waals surface area (Å²) in [6, 6.07) is 23.0. The third-order valence-corrected chi connectivity index (χ3v) is 5.40. The number of rotatable bonds is 6. The first-order chi connectivity index (χ1) is 14.0. The molecule has 146 valence electrons. The molecule has 7 nitrogen and oxygen atoms in total. The van der Waals surface area contributed by atoms with Gasteiger partial charge in [-0.05, 0) is 48.0 Å². The van der Waals surface area contributed by atoms with Crippen LogP contribution in [-0.2, 0) is 16.6 Å². The number of nitriles is 1. The number of nitrogens with one attached hydrogen (secondary N) is 3. The Balaban J connectivity index is 1.60. The van der Waals surface area contributed by atoms with Crippen molar-refractivity contribution >= 4 is 27.4 Å².